The van der Waals surface area contributed by atoms with Gasteiger partial charge in [-0.2, -0.15) is 17.2 Å². The average Bonchev–Trinajstić information content (AvgIpc) is 3.11. The van der Waals surface area contributed by atoms with Gasteiger partial charge in [-0.25, -0.2) is 5.57 Å². The maximum Gasteiger partial charge on any atom is 4.00 e. The second-order valence-electron chi connectivity index (χ2n) is 7.94. The van der Waals surface area contributed by atoms with Gasteiger partial charge in [0.25, 0.3) is 0 Å². The van der Waals surface area contributed by atoms with Gasteiger partial charge in [-0.15, -0.1) is 47.3 Å². The minimum atomic E-state index is 0. The first kappa shape index (κ1) is 29.3. The number of benzene rings is 2. The minimum Gasteiger partial charge on any atom is -1.00 e. The predicted molar refractivity (Wildman–Crippen MR) is 123 cm³/mol. The molecule has 4 rings (SSSR count). The van der Waals surface area contributed by atoms with Gasteiger partial charge in [0.15, 0.2) is 0 Å². The zero-order valence-electron chi connectivity index (χ0n) is 18.5. The van der Waals surface area contributed by atoms with Gasteiger partial charge in [0.2, 0.25) is 0 Å². The van der Waals surface area contributed by atoms with Crippen LogP contribution in [0.5, 0.6) is 0 Å². The van der Waals surface area contributed by atoms with Crippen molar-refractivity contribution in [3.05, 3.63) is 89.0 Å². The summed E-state index contributed by atoms with van der Waals surface area (Å²) in [5, 5.41) is 5.58. The first-order valence-corrected chi connectivity index (χ1v) is 10.6. The van der Waals surface area contributed by atoms with Gasteiger partial charge in [0.05, 0.1) is 0 Å². The summed E-state index contributed by atoms with van der Waals surface area (Å²) in [6, 6.07) is 21.8. The van der Waals surface area contributed by atoms with E-state index in [0.717, 1.165) is 8.58 Å². The SMILES string of the molecule is CC1=[C-]C(C)(C)C(C)=C1C.Cc1ccccc1Pc1cc2ccccc2[cH-]1.[Cl-].[Cl-].[Ti+4]. The summed E-state index contributed by atoms with van der Waals surface area (Å²) < 4.78 is 0. The Morgan fingerprint density at radius 2 is 1.47 bits per heavy atom. The predicted octanol–water partition coefficient (Wildman–Crippen LogP) is 0.614. The van der Waals surface area contributed by atoms with E-state index in [1.165, 1.54) is 43.7 Å². The molecule has 3 aromatic carbocycles. The molecule has 1 aliphatic rings. The summed E-state index contributed by atoms with van der Waals surface area (Å²) >= 11 is 0. The van der Waals surface area contributed by atoms with E-state index in [4.69, 9.17) is 0 Å². The van der Waals surface area contributed by atoms with Crippen molar-refractivity contribution in [2.24, 2.45) is 5.41 Å². The van der Waals surface area contributed by atoms with Crippen molar-refractivity contribution in [2.45, 2.75) is 41.5 Å². The summed E-state index contributed by atoms with van der Waals surface area (Å²) in [5.74, 6) is 0. The Labute approximate surface area is 211 Å². The Balaban J connectivity index is 0.000000569. The number of hydrogen-bond acceptors (Lipinski definition) is 0. The normalized spacial score (nSPS) is 14.4. The summed E-state index contributed by atoms with van der Waals surface area (Å²) in [4.78, 5) is 0. The van der Waals surface area contributed by atoms with Crippen LogP contribution in [0, 0.1) is 18.4 Å². The Kier molecular flexibility index (Phi) is 12.0. The van der Waals surface area contributed by atoms with Crippen molar-refractivity contribution in [3.8, 4) is 0 Å². The molecule has 0 amide bonds. The van der Waals surface area contributed by atoms with Crippen LogP contribution < -0.4 is 35.4 Å². The fraction of sp³-hybridized carbons (Fsp3) is 0.269. The van der Waals surface area contributed by atoms with Gasteiger partial charge in [-0.05, 0) is 17.8 Å². The zero-order chi connectivity index (χ0) is 19.6. The van der Waals surface area contributed by atoms with E-state index in [1.807, 2.05) is 0 Å². The fourth-order valence-electron chi connectivity index (χ4n) is 3.50. The fourth-order valence-corrected chi connectivity index (χ4v) is 4.72. The Hall–Kier alpha value is -0.746. The Morgan fingerprint density at radius 1 is 0.867 bits per heavy atom. The van der Waals surface area contributed by atoms with E-state index in [0.29, 0.717) is 0 Å². The molecule has 3 aromatic rings. The summed E-state index contributed by atoms with van der Waals surface area (Å²) in [7, 11) is 0.759. The van der Waals surface area contributed by atoms with E-state index >= 15 is 0 Å². The van der Waals surface area contributed by atoms with Crippen LogP contribution in [-0.2, 0) is 21.7 Å². The van der Waals surface area contributed by atoms with Crippen LogP contribution in [0.2, 0.25) is 0 Å². The molecule has 0 spiro atoms. The molecule has 4 heteroatoms. The molecular formula is C26H29Cl2PTi. The molecule has 156 valence electrons. The van der Waals surface area contributed by atoms with Crippen LogP contribution in [-0.4, -0.2) is 0 Å². The molecule has 0 fully saturated rings. The number of halogens is 2. The molecule has 0 saturated heterocycles. The molecule has 0 bridgehead atoms. The quantitative estimate of drug-likeness (QED) is 0.280. The Bertz CT molecular complexity index is 995. The molecule has 1 aliphatic carbocycles. The van der Waals surface area contributed by atoms with Crippen molar-refractivity contribution in [1.82, 2.24) is 0 Å². The van der Waals surface area contributed by atoms with Crippen LogP contribution in [0.1, 0.15) is 40.2 Å². The van der Waals surface area contributed by atoms with Gasteiger partial charge < -0.3 is 24.8 Å². The molecule has 0 aromatic heterocycles. The van der Waals surface area contributed by atoms with Gasteiger partial charge in [-0.3, -0.25) is 6.08 Å². The van der Waals surface area contributed by atoms with Crippen molar-refractivity contribution in [2.75, 3.05) is 0 Å². The smallest absolute Gasteiger partial charge is 1.00 e. The third-order valence-electron chi connectivity index (χ3n) is 5.60. The van der Waals surface area contributed by atoms with E-state index in [1.54, 1.807) is 0 Å². The maximum absolute atomic E-state index is 3.44. The Morgan fingerprint density at radius 3 is 1.97 bits per heavy atom. The first-order chi connectivity index (χ1) is 12.8. The van der Waals surface area contributed by atoms with Crippen LogP contribution in [0.15, 0.2) is 77.4 Å². The van der Waals surface area contributed by atoms with E-state index in [2.05, 4.69) is 108 Å². The second-order valence-corrected chi connectivity index (χ2v) is 9.30. The maximum atomic E-state index is 3.44. The van der Waals surface area contributed by atoms with Crippen LogP contribution in [0.3, 0.4) is 0 Å². The first-order valence-electron chi connectivity index (χ1n) is 9.56. The van der Waals surface area contributed by atoms with Crippen LogP contribution in [0.4, 0.5) is 0 Å². The topological polar surface area (TPSA) is 0 Å². The van der Waals surface area contributed by atoms with Gasteiger partial charge >= 0.3 is 21.7 Å². The summed E-state index contributed by atoms with van der Waals surface area (Å²) in [6.07, 6.45) is 3.44. The number of allylic oxidation sites excluding steroid dienone is 4. The van der Waals surface area contributed by atoms with Crippen molar-refractivity contribution >= 4 is 30.0 Å². The van der Waals surface area contributed by atoms with Crippen molar-refractivity contribution in [3.63, 3.8) is 0 Å². The second kappa shape index (κ2) is 12.3. The van der Waals surface area contributed by atoms with Gasteiger partial charge in [-0.1, -0.05) is 72.0 Å². The van der Waals surface area contributed by atoms with Crippen molar-refractivity contribution < 1.29 is 46.5 Å². The molecule has 1 atom stereocenters. The van der Waals surface area contributed by atoms with Gasteiger partial charge in [0.1, 0.15) is 0 Å². The number of aryl methyl sites for hydroxylation is 1. The number of fused-ring (bicyclic) bond motifs is 1. The molecule has 0 nitrogen and oxygen atoms in total. The molecule has 0 radical (unpaired) electrons. The largest absolute Gasteiger partial charge is 4.00 e. The van der Waals surface area contributed by atoms with E-state index in [-0.39, 0.29) is 51.9 Å². The third kappa shape index (κ3) is 6.88. The average molecular weight is 491 g/mol. The monoisotopic (exact) mass is 490 g/mol. The molecule has 0 saturated carbocycles. The minimum absolute atomic E-state index is 0. The third-order valence-corrected chi connectivity index (χ3v) is 7.01. The zero-order valence-corrected chi connectivity index (χ0v) is 22.6. The summed E-state index contributed by atoms with van der Waals surface area (Å²) in [6.45, 7) is 13.1. The van der Waals surface area contributed by atoms with Crippen LogP contribution in [0.25, 0.3) is 10.8 Å². The van der Waals surface area contributed by atoms with E-state index < -0.39 is 0 Å². The molecule has 30 heavy (non-hydrogen) atoms. The van der Waals surface area contributed by atoms with Crippen molar-refractivity contribution in [1.29, 1.82) is 0 Å². The van der Waals surface area contributed by atoms with Crippen LogP contribution >= 0.6 is 8.58 Å². The molecule has 0 aliphatic heterocycles. The van der Waals surface area contributed by atoms with Gasteiger partial charge in [0, 0.05) is 0 Å². The summed E-state index contributed by atoms with van der Waals surface area (Å²) in [5.41, 5.74) is 5.78. The number of hydrogen-bond donors (Lipinski definition) is 0. The molecule has 0 heterocycles. The molecule has 0 N–H and O–H groups in total. The molecule has 1 unspecified atom stereocenters. The van der Waals surface area contributed by atoms with E-state index in [9.17, 15) is 0 Å². The molecular weight excluding hydrogens is 462 g/mol. The standard InChI is InChI=1S/C16H14P.C10H15.2ClH.Ti/c1-12-6-2-5-9-16(12)17-15-10-13-7-3-4-8-14(13)11-15;1-7-6-10(4,5)9(3)8(7)2;;;/h2-11,17H,1H3;1-5H3;2*1H;/q2*-1;;;+4/p-2. The number of rotatable bonds is 2.